The van der Waals surface area contributed by atoms with Gasteiger partial charge in [-0.3, -0.25) is 9.59 Å². The fourth-order valence-corrected chi connectivity index (χ4v) is 2.77. The Bertz CT molecular complexity index is 581. The summed E-state index contributed by atoms with van der Waals surface area (Å²) in [5.74, 6) is 1.98. The molecular weight excluding hydrogens is 306 g/mol. The maximum Gasteiger partial charge on any atom is 0.222 e. The Morgan fingerprint density at radius 1 is 1.25 bits per heavy atom. The Kier molecular flexibility index (Phi) is 6.64. The highest BCUT2D eigenvalue weighted by molar-refractivity contribution is 5.94. The largest absolute Gasteiger partial charge is 0.493 e. The molecule has 1 aromatic rings. The van der Waals surface area contributed by atoms with Crippen LogP contribution in [-0.2, 0) is 4.79 Å². The minimum absolute atomic E-state index is 0.0139. The van der Waals surface area contributed by atoms with E-state index in [4.69, 9.17) is 9.47 Å². The van der Waals surface area contributed by atoms with Crippen molar-refractivity contribution in [2.45, 2.75) is 39.0 Å². The molecular formula is C19H27NO4. The summed E-state index contributed by atoms with van der Waals surface area (Å²) < 4.78 is 11.0. The summed E-state index contributed by atoms with van der Waals surface area (Å²) in [5.41, 5.74) is 0.590. The van der Waals surface area contributed by atoms with Crippen molar-refractivity contribution in [3.05, 3.63) is 23.8 Å². The lowest BCUT2D eigenvalue weighted by molar-refractivity contribution is -0.131. The Morgan fingerprint density at radius 2 is 2.00 bits per heavy atom. The first-order chi connectivity index (χ1) is 11.5. The average Bonchev–Trinajstić information content (AvgIpc) is 2.54. The first-order valence-corrected chi connectivity index (χ1v) is 8.57. The van der Waals surface area contributed by atoms with Crippen molar-refractivity contribution >= 4 is 11.7 Å². The highest BCUT2D eigenvalue weighted by Gasteiger charge is 2.21. The maximum absolute atomic E-state index is 12.1. The second-order valence-corrected chi connectivity index (χ2v) is 6.45. The SMILES string of the molecule is COc1cc(C(C)=O)ccc1OCCCC(=O)N(C)CC1CCC1. The van der Waals surface area contributed by atoms with Crippen molar-refractivity contribution in [3.8, 4) is 11.5 Å². The van der Waals surface area contributed by atoms with Crippen LogP contribution in [0.1, 0.15) is 49.4 Å². The molecule has 0 radical (unpaired) electrons. The molecule has 1 amide bonds. The van der Waals surface area contributed by atoms with Crippen LogP contribution in [0.4, 0.5) is 0 Å². The van der Waals surface area contributed by atoms with E-state index in [2.05, 4.69) is 0 Å². The molecule has 5 nitrogen and oxygen atoms in total. The molecule has 1 aromatic carbocycles. The second kappa shape index (κ2) is 8.71. The third-order valence-electron chi connectivity index (χ3n) is 4.55. The average molecular weight is 333 g/mol. The Labute approximate surface area is 143 Å². The molecule has 1 saturated carbocycles. The van der Waals surface area contributed by atoms with E-state index in [1.54, 1.807) is 25.3 Å². The van der Waals surface area contributed by atoms with Crippen molar-refractivity contribution in [2.24, 2.45) is 5.92 Å². The number of carbonyl (C=O) groups excluding carboxylic acids is 2. The number of nitrogens with zero attached hydrogens (tertiary/aromatic N) is 1. The van der Waals surface area contributed by atoms with Gasteiger partial charge < -0.3 is 14.4 Å². The smallest absolute Gasteiger partial charge is 0.222 e. The topological polar surface area (TPSA) is 55.8 Å². The molecule has 24 heavy (non-hydrogen) atoms. The quantitative estimate of drug-likeness (QED) is 0.514. The van der Waals surface area contributed by atoms with Crippen molar-refractivity contribution in [2.75, 3.05) is 27.3 Å². The fourth-order valence-electron chi connectivity index (χ4n) is 2.77. The van der Waals surface area contributed by atoms with Gasteiger partial charge in [0.15, 0.2) is 17.3 Å². The normalized spacial score (nSPS) is 14.0. The number of Topliss-reactive ketones (excluding diaryl/α,β-unsaturated/α-hetero) is 1. The molecule has 0 bridgehead atoms. The fraction of sp³-hybridized carbons (Fsp3) is 0.579. The summed E-state index contributed by atoms with van der Waals surface area (Å²) in [7, 11) is 3.43. The predicted molar refractivity (Wildman–Crippen MR) is 92.7 cm³/mol. The van der Waals surface area contributed by atoms with E-state index in [-0.39, 0.29) is 11.7 Å². The summed E-state index contributed by atoms with van der Waals surface area (Å²) in [6.07, 6.45) is 4.93. The van der Waals surface area contributed by atoms with Crippen LogP contribution in [0, 0.1) is 5.92 Å². The van der Waals surface area contributed by atoms with Crippen molar-refractivity contribution < 1.29 is 19.1 Å². The molecule has 5 heteroatoms. The van der Waals surface area contributed by atoms with Crippen LogP contribution in [0.15, 0.2) is 18.2 Å². The van der Waals surface area contributed by atoms with Gasteiger partial charge in [0.25, 0.3) is 0 Å². The van der Waals surface area contributed by atoms with Gasteiger partial charge >= 0.3 is 0 Å². The van der Waals surface area contributed by atoms with Gasteiger partial charge in [0.05, 0.1) is 13.7 Å². The van der Waals surface area contributed by atoms with Crippen LogP contribution in [0.25, 0.3) is 0 Å². The van der Waals surface area contributed by atoms with E-state index in [0.717, 1.165) is 6.54 Å². The van der Waals surface area contributed by atoms with Crippen molar-refractivity contribution in [3.63, 3.8) is 0 Å². The van der Waals surface area contributed by atoms with Crippen molar-refractivity contribution in [1.82, 2.24) is 4.90 Å². The van der Waals surface area contributed by atoms with Gasteiger partial charge in [-0.1, -0.05) is 6.42 Å². The Hall–Kier alpha value is -2.04. The number of benzene rings is 1. The number of carbonyl (C=O) groups is 2. The summed E-state index contributed by atoms with van der Waals surface area (Å²) in [5, 5.41) is 0. The minimum Gasteiger partial charge on any atom is -0.493 e. The lowest BCUT2D eigenvalue weighted by atomic mass is 9.85. The number of rotatable bonds is 9. The van der Waals surface area contributed by atoms with E-state index in [0.29, 0.717) is 42.4 Å². The van der Waals surface area contributed by atoms with E-state index >= 15 is 0 Å². The number of methoxy groups -OCH3 is 1. The van der Waals surface area contributed by atoms with Gasteiger partial charge in [0.2, 0.25) is 5.91 Å². The lowest BCUT2D eigenvalue weighted by Gasteiger charge is -2.30. The van der Waals surface area contributed by atoms with Gasteiger partial charge in [-0.2, -0.15) is 0 Å². The van der Waals surface area contributed by atoms with E-state index in [9.17, 15) is 9.59 Å². The van der Waals surface area contributed by atoms with Gasteiger partial charge in [-0.25, -0.2) is 0 Å². The summed E-state index contributed by atoms with van der Waals surface area (Å²) in [4.78, 5) is 25.3. The van der Waals surface area contributed by atoms with Crippen molar-refractivity contribution in [1.29, 1.82) is 0 Å². The Balaban J connectivity index is 1.75. The first-order valence-electron chi connectivity index (χ1n) is 8.57. The molecule has 0 heterocycles. The summed E-state index contributed by atoms with van der Waals surface area (Å²) in [6.45, 7) is 2.83. The number of ether oxygens (including phenoxy) is 2. The van der Waals surface area contributed by atoms with E-state index in [1.807, 2.05) is 11.9 Å². The van der Waals surface area contributed by atoms with Gasteiger partial charge in [-0.05, 0) is 50.3 Å². The van der Waals surface area contributed by atoms with Crippen LogP contribution in [0.3, 0.4) is 0 Å². The highest BCUT2D eigenvalue weighted by atomic mass is 16.5. The summed E-state index contributed by atoms with van der Waals surface area (Å²) in [6, 6.07) is 5.13. The van der Waals surface area contributed by atoms with Crippen LogP contribution >= 0.6 is 0 Å². The van der Waals surface area contributed by atoms with Gasteiger partial charge in [-0.15, -0.1) is 0 Å². The lowest BCUT2D eigenvalue weighted by Crippen LogP contribution is -2.34. The number of hydrogen-bond donors (Lipinski definition) is 0. The predicted octanol–water partition coefficient (Wildman–Crippen LogP) is 3.32. The summed E-state index contributed by atoms with van der Waals surface area (Å²) >= 11 is 0. The maximum atomic E-state index is 12.1. The number of ketones is 1. The van der Waals surface area contributed by atoms with Crippen LogP contribution in [-0.4, -0.2) is 43.9 Å². The first kappa shape index (κ1) is 18.3. The molecule has 0 aliphatic heterocycles. The second-order valence-electron chi connectivity index (χ2n) is 6.45. The van der Waals surface area contributed by atoms with E-state index < -0.39 is 0 Å². The molecule has 0 atom stereocenters. The molecule has 132 valence electrons. The molecule has 0 unspecified atom stereocenters. The standard InChI is InChI=1S/C19H27NO4/c1-14(21)16-9-10-17(18(12-16)23-3)24-11-5-8-19(22)20(2)13-15-6-4-7-15/h9-10,12,15H,4-8,11,13H2,1-3H3. The van der Waals surface area contributed by atoms with Crippen LogP contribution in [0.2, 0.25) is 0 Å². The monoisotopic (exact) mass is 333 g/mol. The van der Waals surface area contributed by atoms with Gasteiger partial charge in [0, 0.05) is 25.6 Å². The van der Waals surface area contributed by atoms with Crippen LogP contribution in [0.5, 0.6) is 11.5 Å². The van der Waals surface area contributed by atoms with Gasteiger partial charge in [0.1, 0.15) is 0 Å². The zero-order valence-electron chi connectivity index (χ0n) is 14.8. The molecule has 1 aliphatic rings. The minimum atomic E-state index is -0.0139. The molecule has 1 fully saturated rings. The third-order valence-corrected chi connectivity index (χ3v) is 4.55. The number of hydrogen-bond acceptors (Lipinski definition) is 4. The molecule has 1 aliphatic carbocycles. The molecule has 0 spiro atoms. The zero-order valence-corrected chi connectivity index (χ0v) is 14.8. The Morgan fingerprint density at radius 3 is 2.58 bits per heavy atom. The molecule has 0 aromatic heterocycles. The third kappa shape index (κ3) is 4.98. The zero-order chi connectivity index (χ0) is 17.5. The van der Waals surface area contributed by atoms with E-state index in [1.165, 1.54) is 26.2 Å². The molecule has 0 saturated heterocycles. The van der Waals surface area contributed by atoms with Crippen LogP contribution < -0.4 is 9.47 Å². The highest BCUT2D eigenvalue weighted by Crippen LogP contribution is 2.29. The number of amides is 1. The molecule has 2 rings (SSSR count). The molecule has 0 N–H and O–H groups in total.